The summed E-state index contributed by atoms with van der Waals surface area (Å²) in [6.45, 7) is 7.43. The zero-order valence-corrected chi connectivity index (χ0v) is 16.4. The van der Waals surface area contributed by atoms with E-state index in [1.807, 2.05) is 32.0 Å². The molecular formula is C21H27N5O2. The Bertz CT molecular complexity index is 801. The van der Waals surface area contributed by atoms with Gasteiger partial charge >= 0.3 is 6.03 Å². The fraction of sp³-hybridized carbons (Fsp3) is 0.381. The number of urea groups is 1. The van der Waals surface area contributed by atoms with Crippen molar-refractivity contribution < 1.29 is 9.59 Å². The van der Waals surface area contributed by atoms with E-state index in [1.54, 1.807) is 35.4 Å². The average Bonchev–Trinajstić information content (AvgIpc) is 2.73. The Morgan fingerprint density at radius 3 is 2.54 bits per heavy atom. The van der Waals surface area contributed by atoms with Crippen molar-refractivity contribution in [3.63, 3.8) is 0 Å². The Kier molecular flexibility index (Phi) is 6.47. The molecule has 0 atom stereocenters. The molecule has 7 heteroatoms. The molecule has 3 amide bonds. The van der Waals surface area contributed by atoms with Crippen LogP contribution < -0.4 is 15.5 Å². The minimum Gasteiger partial charge on any atom is -0.353 e. The van der Waals surface area contributed by atoms with Crippen LogP contribution in [-0.2, 0) is 0 Å². The molecule has 0 spiro atoms. The van der Waals surface area contributed by atoms with E-state index in [1.165, 1.54) is 0 Å². The van der Waals surface area contributed by atoms with Crippen molar-refractivity contribution in [2.75, 3.05) is 42.9 Å². The van der Waals surface area contributed by atoms with Gasteiger partial charge in [0.15, 0.2) is 0 Å². The lowest BCUT2D eigenvalue weighted by Crippen LogP contribution is -2.50. The minimum atomic E-state index is -0.152. The number of anilines is 2. The second kappa shape index (κ2) is 9.21. The highest BCUT2D eigenvalue weighted by molar-refractivity contribution is 5.96. The lowest BCUT2D eigenvalue weighted by molar-refractivity contribution is 0.0949. The molecule has 1 saturated heterocycles. The molecule has 0 aliphatic carbocycles. The molecule has 2 heterocycles. The molecule has 1 aliphatic heterocycles. The number of pyridine rings is 1. The number of aromatic nitrogens is 1. The zero-order chi connectivity index (χ0) is 19.9. The van der Waals surface area contributed by atoms with Crippen LogP contribution >= 0.6 is 0 Å². The molecule has 0 unspecified atom stereocenters. The van der Waals surface area contributed by atoms with Crippen molar-refractivity contribution in [2.24, 2.45) is 5.92 Å². The molecule has 0 radical (unpaired) electrons. The van der Waals surface area contributed by atoms with Gasteiger partial charge in [0.25, 0.3) is 5.91 Å². The van der Waals surface area contributed by atoms with E-state index in [0.717, 1.165) is 18.9 Å². The second-order valence-corrected chi connectivity index (χ2v) is 7.28. The Morgan fingerprint density at radius 1 is 1.07 bits per heavy atom. The lowest BCUT2D eigenvalue weighted by atomic mass is 10.1. The number of hydrogen-bond acceptors (Lipinski definition) is 4. The topological polar surface area (TPSA) is 77.6 Å². The van der Waals surface area contributed by atoms with Crippen molar-refractivity contribution in [3.8, 4) is 0 Å². The summed E-state index contributed by atoms with van der Waals surface area (Å²) in [6, 6.07) is 12.7. The first-order chi connectivity index (χ1) is 13.5. The maximum absolute atomic E-state index is 12.6. The van der Waals surface area contributed by atoms with Gasteiger partial charge in [0.2, 0.25) is 0 Å². The predicted octanol–water partition coefficient (Wildman–Crippen LogP) is 2.82. The normalized spacial score (nSPS) is 14.1. The molecule has 2 N–H and O–H groups in total. The highest BCUT2D eigenvalue weighted by Crippen LogP contribution is 2.15. The van der Waals surface area contributed by atoms with Crippen molar-refractivity contribution in [1.82, 2.24) is 15.2 Å². The van der Waals surface area contributed by atoms with Gasteiger partial charge in [-0.3, -0.25) is 4.79 Å². The molecule has 1 fully saturated rings. The molecular weight excluding hydrogens is 354 g/mol. The monoisotopic (exact) mass is 381 g/mol. The molecule has 1 aliphatic rings. The largest absolute Gasteiger partial charge is 0.353 e. The van der Waals surface area contributed by atoms with Gasteiger partial charge in [-0.2, -0.15) is 0 Å². The Balaban J connectivity index is 1.54. The molecule has 0 saturated carbocycles. The van der Waals surface area contributed by atoms with E-state index in [4.69, 9.17) is 0 Å². The first-order valence-corrected chi connectivity index (χ1v) is 9.63. The molecule has 2 aromatic rings. The van der Waals surface area contributed by atoms with E-state index in [9.17, 15) is 9.59 Å². The van der Waals surface area contributed by atoms with Gasteiger partial charge in [0.05, 0.1) is 0 Å². The van der Waals surface area contributed by atoms with Gasteiger partial charge in [-0.1, -0.05) is 26.0 Å². The molecule has 28 heavy (non-hydrogen) atoms. The van der Waals surface area contributed by atoms with E-state index in [-0.39, 0.29) is 11.9 Å². The van der Waals surface area contributed by atoms with E-state index in [2.05, 4.69) is 20.5 Å². The van der Waals surface area contributed by atoms with E-state index >= 15 is 0 Å². The molecule has 1 aromatic heterocycles. The summed E-state index contributed by atoms with van der Waals surface area (Å²) in [5.74, 6) is 1.19. The summed E-state index contributed by atoms with van der Waals surface area (Å²) in [6.07, 6.45) is 1.78. The van der Waals surface area contributed by atoms with Gasteiger partial charge in [0.1, 0.15) is 5.82 Å². The number of hydrogen-bond donors (Lipinski definition) is 2. The summed E-state index contributed by atoms with van der Waals surface area (Å²) in [5.41, 5.74) is 1.16. The third-order valence-corrected chi connectivity index (χ3v) is 4.59. The van der Waals surface area contributed by atoms with Crippen LogP contribution in [0.5, 0.6) is 0 Å². The van der Waals surface area contributed by atoms with Crippen LogP contribution in [0.4, 0.5) is 16.3 Å². The van der Waals surface area contributed by atoms with E-state index in [0.29, 0.717) is 36.8 Å². The van der Waals surface area contributed by atoms with Crippen molar-refractivity contribution in [3.05, 3.63) is 54.2 Å². The molecule has 148 valence electrons. The standard InChI is InChI=1S/C21H27N5O2/c1-16(2)15-23-20(27)17-6-5-7-18(14-17)24-21(28)26-12-10-25(11-13-26)19-8-3-4-9-22-19/h3-9,14,16H,10-13,15H2,1-2H3,(H,23,27)(H,24,28). The van der Waals surface area contributed by atoms with Crippen LogP contribution in [0.3, 0.4) is 0 Å². The number of carbonyl (C=O) groups excluding carboxylic acids is 2. The highest BCUT2D eigenvalue weighted by atomic mass is 16.2. The number of benzene rings is 1. The number of carbonyl (C=O) groups is 2. The lowest BCUT2D eigenvalue weighted by Gasteiger charge is -2.35. The number of piperazine rings is 1. The second-order valence-electron chi connectivity index (χ2n) is 7.28. The van der Waals surface area contributed by atoms with Crippen molar-refractivity contribution in [1.29, 1.82) is 0 Å². The van der Waals surface area contributed by atoms with Crippen LogP contribution in [0.1, 0.15) is 24.2 Å². The van der Waals surface area contributed by atoms with Crippen molar-refractivity contribution in [2.45, 2.75) is 13.8 Å². The summed E-state index contributed by atoms with van der Waals surface area (Å²) in [7, 11) is 0. The van der Waals surface area contributed by atoms with Crippen LogP contribution in [0.25, 0.3) is 0 Å². The van der Waals surface area contributed by atoms with Gasteiger partial charge in [0, 0.05) is 50.2 Å². The predicted molar refractivity (Wildman–Crippen MR) is 111 cm³/mol. The smallest absolute Gasteiger partial charge is 0.321 e. The van der Waals surface area contributed by atoms with Crippen LogP contribution in [-0.4, -0.2) is 54.5 Å². The quantitative estimate of drug-likeness (QED) is 0.835. The number of rotatable bonds is 5. The molecule has 7 nitrogen and oxygen atoms in total. The highest BCUT2D eigenvalue weighted by Gasteiger charge is 2.22. The Hall–Kier alpha value is -3.09. The van der Waals surface area contributed by atoms with Crippen molar-refractivity contribution >= 4 is 23.4 Å². The third-order valence-electron chi connectivity index (χ3n) is 4.59. The summed E-state index contributed by atoms with van der Waals surface area (Å²) in [4.78, 5) is 33.1. The van der Waals surface area contributed by atoms with Gasteiger partial charge in [-0.15, -0.1) is 0 Å². The summed E-state index contributed by atoms with van der Waals surface area (Å²) >= 11 is 0. The molecule has 3 rings (SSSR count). The zero-order valence-electron chi connectivity index (χ0n) is 16.4. The molecule has 1 aromatic carbocycles. The number of nitrogens with zero attached hydrogens (tertiary/aromatic N) is 3. The Labute approximate surface area is 165 Å². The fourth-order valence-corrected chi connectivity index (χ4v) is 3.02. The maximum atomic E-state index is 12.6. The first kappa shape index (κ1) is 19.7. The summed E-state index contributed by atoms with van der Waals surface area (Å²) < 4.78 is 0. The Morgan fingerprint density at radius 2 is 1.86 bits per heavy atom. The number of amides is 3. The minimum absolute atomic E-state index is 0.131. The molecule has 0 bridgehead atoms. The summed E-state index contributed by atoms with van der Waals surface area (Å²) in [5, 5.41) is 5.79. The van der Waals surface area contributed by atoms with Gasteiger partial charge < -0.3 is 20.4 Å². The van der Waals surface area contributed by atoms with Crippen LogP contribution in [0.15, 0.2) is 48.7 Å². The SMILES string of the molecule is CC(C)CNC(=O)c1cccc(NC(=O)N2CCN(c3ccccn3)CC2)c1. The third kappa shape index (κ3) is 5.22. The maximum Gasteiger partial charge on any atom is 0.321 e. The van der Waals surface area contributed by atoms with Gasteiger partial charge in [-0.25, -0.2) is 9.78 Å². The van der Waals surface area contributed by atoms with Crippen LogP contribution in [0, 0.1) is 5.92 Å². The average molecular weight is 381 g/mol. The van der Waals surface area contributed by atoms with E-state index < -0.39 is 0 Å². The first-order valence-electron chi connectivity index (χ1n) is 9.63. The van der Waals surface area contributed by atoms with Gasteiger partial charge in [-0.05, 0) is 36.2 Å². The fourth-order valence-electron chi connectivity index (χ4n) is 3.02. The number of nitrogens with one attached hydrogen (secondary N) is 2. The van der Waals surface area contributed by atoms with Crippen LogP contribution in [0.2, 0.25) is 0 Å².